The molecule has 0 bridgehead atoms. The van der Waals surface area contributed by atoms with Gasteiger partial charge in [0.15, 0.2) is 5.06 Å². The molecule has 0 atom stereocenters. The first-order chi connectivity index (χ1) is 4.77. The fourth-order valence-electron chi connectivity index (χ4n) is 0.677. The molecule has 1 heterocycles. The Bertz CT molecular complexity index is 240. The van der Waals surface area contributed by atoms with Crippen LogP contribution in [0.25, 0.3) is 6.08 Å². The Balaban J connectivity index is 3.08. The van der Waals surface area contributed by atoms with Crippen LogP contribution in [0.1, 0.15) is 4.88 Å². The summed E-state index contributed by atoms with van der Waals surface area (Å²) in [5.41, 5.74) is 0. The molecule has 0 radical (unpaired) electrons. The van der Waals surface area contributed by atoms with Crippen LogP contribution in [0.4, 0.5) is 0 Å². The highest BCUT2D eigenvalue weighted by molar-refractivity contribution is 7.15. The Morgan fingerprint density at radius 1 is 1.80 bits per heavy atom. The molecule has 0 amide bonds. The number of rotatable bonds is 2. The lowest BCUT2D eigenvalue weighted by molar-refractivity contribution is 0.412. The van der Waals surface area contributed by atoms with Crippen molar-refractivity contribution in [3.8, 4) is 10.8 Å². The highest BCUT2D eigenvalue weighted by Crippen LogP contribution is 2.34. The van der Waals surface area contributed by atoms with Crippen LogP contribution in [0, 0.1) is 0 Å². The summed E-state index contributed by atoms with van der Waals surface area (Å²) in [6, 6.07) is 1.57. The first-order valence-electron chi connectivity index (χ1n) is 2.77. The molecule has 0 fully saturated rings. The predicted octanol–water partition coefficient (Wildman–Crippen LogP) is 2.11. The predicted molar refractivity (Wildman–Crippen MR) is 42.6 cm³/mol. The summed E-state index contributed by atoms with van der Waals surface area (Å²) < 4.78 is 4.94. The molecule has 0 unspecified atom stereocenters. The van der Waals surface area contributed by atoms with Gasteiger partial charge in [0.25, 0.3) is 0 Å². The smallest absolute Gasteiger partial charge is 0.175 e. The van der Waals surface area contributed by atoms with Gasteiger partial charge in [0.2, 0.25) is 0 Å². The van der Waals surface area contributed by atoms with Crippen molar-refractivity contribution in [2.45, 2.75) is 0 Å². The summed E-state index contributed by atoms with van der Waals surface area (Å²) in [4.78, 5) is 0.861. The van der Waals surface area contributed by atoms with Crippen LogP contribution in [0.3, 0.4) is 0 Å². The number of hydrogen-bond acceptors (Lipinski definition) is 3. The molecule has 0 saturated carbocycles. The topological polar surface area (TPSA) is 29.5 Å². The molecule has 1 N–H and O–H groups in total. The third-order valence-electron chi connectivity index (χ3n) is 1.12. The van der Waals surface area contributed by atoms with Crippen molar-refractivity contribution in [2.24, 2.45) is 0 Å². The molecule has 0 aliphatic rings. The minimum atomic E-state index is 0.256. The lowest BCUT2D eigenvalue weighted by Crippen LogP contribution is -1.79. The van der Waals surface area contributed by atoms with E-state index in [1.54, 1.807) is 19.3 Å². The summed E-state index contributed by atoms with van der Waals surface area (Å²) in [5, 5.41) is 9.24. The van der Waals surface area contributed by atoms with Gasteiger partial charge >= 0.3 is 0 Å². The van der Waals surface area contributed by atoms with E-state index in [0.717, 1.165) is 4.88 Å². The van der Waals surface area contributed by atoms with Crippen molar-refractivity contribution < 1.29 is 9.84 Å². The Kier molecular flexibility index (Phi) is 1.97. The molecule has 0 aliphatic carbocycles. The quantitative estimate of drug-likeness (QED) is 0.710. The molecule has 0 aromatic carbocycles. The summed E-state index contributed by atoms with van der Waals surface area (Å²) in [6.07, 6.45) is 1.66. The first kappa shape index (κ1) is 7.15. The molecule has 10 heavy (non-hydrogen) atoms. The van der Waals surface area contributed by atoms with E-state index >= 15 is 0 Å². The van der Waals surface area contributed by atoms with Crippen molar-refractivity contribution in [2.75, 3.05) is 7.11 Å². The van der Waals surface area contributed by atoms with Crippen molar-refractivity contribution in [1.82, 2.24) is 0 Å². The Morgan fingerprint density at radius 2 is 2.50 bits per heavy atom. The lowest BCUT2D eigenvalue weighted by Gasteiger charge is -1.93. The Morgan fingerprint density at radius 3 is 2.90 bits per heavy atom. The Hall–Kier alpha value is -0.960. The van der Waals surface area contributed by atoms with Crippen LogP contribution in [-0.4, -0.2) is 12.2 Å². The standard InChI is InChI=1S/C7H8O2S/c1-3-6-5(9-2)4-7(8)10-6/h3-4,8H,1H2,2H3. The fraction of sp³-hybridized carbons (Fsp3) is 0.143. The van der Waals surface area contributed by atoms with Crippen molar-refractivity contribution in [3.05, 3.63) is 17.5 Å². The van der Waals surface area contributed by atoms with Gasteiger partial charge in [0.1, 0.15) is 5.75 Å². The number of thiophene rings is 1. The first-order valence-corrected chi connectivity index (χ1v) is 3.58. The largest absolute Gasteiger partial charge is 0.499 e. The maximum Gasteiger partial charge on any atom is 0.175 e. The highest BCUT2D eigenvalue weighted by Gasteiger charge is 2.03. The number of ether oxygens (including phenoxy) is 1. The summed E-state index contributed by atoms with van der Waals surface area (Å²) in [6.45, 7) is 3.57. The van der Waals surface area contributed by atoms with Crippen LogP contribution in [0.2, 0.25) is 0 Å². The van der Waals surface area contributed by atoms with Gasteiger partial charge in [0, 0.05) is 6.07 Å². The van der Waals surface area contributed by atoms with Crippen LogP contribution in [-0.2, 0) is 0 Å². The second-order valence-electron chi connectivity index (χ2n) is 1.72. The maximum atomic E-state index is 8.99. The average Bonchev–Trinajstić information content (AvgIpc) is 2.30. The van der Waals surface area contributed by atoms with Crippen molar-refractivity contribution >= 4 is 17.4 Å². The summed E-state index contributed by atoms with van der Waals surface area (Å²) in [7, 11) is 1.56. The fourth-order valence-corrected chi connectivity index (χ4v) is 1.39. The second-order valence-corrected chi connectivity index (χ2v) is 2.78. The van der Waals surface area contributed by atoms with E-state index in [4.69, 9.17) is 9.84 Å². The van der Waals surface area contributed by atoms with Gasteiger partial charge in [0.05, 0.1) is 12.0 Å². The van der Waals surface area contributed by atoms with Gasteiger partial charge in [-0.2, -0.15) is 0 Å². The third kappa shape index (κ3) is 1.14. The van der Waals surface area contributed by atoms with E-state index in [9.17, 15) is 0 Å². The van der Waals surface area contributed by atoms with Gasteiger partial charge in [-0.05, 0) is 6.08 Å². The molecule has 54 valence electrons. The van der Waals surface area contributed by atoms with Crippen LogP contribution < -0.4 is 4.74 Å². The molecule has 0 spiro atoms. The van der Waals surface area contributed by atoms with Gasteiger partial charge in [-0.1, -0.05) is 17.9 Å². The van der Waals surface area contributed by atoms with E-state index in [2.05, 4.69) is 6.58 Å². The van der Waals surface area contributed by atoms with Gasteiger partial charge in [-0.3, -0.25) is 0 Å². The number of aromatic hydroxyl groups is 1. The van der Waals surface area contributed by atoms with Crippen molar-refractivity contribution in [3.63, 3.8) is 0 Å². The van der Waals surface area contributed by atoms with E-state index in [1.165, 1.54) is 11.3 Å². The van der Waals surface area contributed by atoms with Crippen molar-refractivity contribution in [1.29, 1.82) is 0 Å². The van der Waals surface area contributed by atoms with Gasteiger partial charge < -0.3 is 9.84 Å². The monoisotopic (exact) mass is 156 g/mol. The molecule has 1 aromatic heterocycles. The SMILES string of the molecule is C=Cc1sc(O)cc1OC. The molecular weight excluding hydrogens is 148 g/mol. The third-order valence-corrected chi connectivity index (χ3v) is 2.03. The molecule has 3 heteroatoms. The molecule has 0 saturated heterocycles. The number of methoxy groups -OCH3 is 1. The zero-order chi connectivity index (χ0) is 7.56. The molecule has 1 rings (SSSR count). The lowest BCUT2D eigenvalue weighted by atomic mass is 10.4. The van der Waals surface area contributed by atoms with Gasteiger partial charge in [-0.15, -0.1) is 0 Å². The van der Waals surface area contributed by atoms with Crippen LogP contribution in [0.15, 0.2) is 12.6 Å². The summed E-state index contributed by atoms with van der Waals surface area (Å²) in [5.74, 6) is 0.678. The molecular formula is C7H8O2S. The second kappa shape index (κ2) is 2.75. The van der Waals surface area contributed by atoms with Crippen LogP contribution in [0.5, 0.6) is 10.8 Å². The van der Waals surface area contributed by atoms with E-state index in [-0.39, 0.29) is 5.06 Å². The maximum absolute atomic E-state index is 8.99. The summed E-state index contributed by atoms with van der Waals surface area (Å²) >= 11 is 1.25. The minimum Gasteiger partial charge on any atom is -0.499 e. The molecule has 0 aliphatic heterocycles. The highest BCUT2D eigenvalue weighted by atomic mass is 32.1. The zero-order valence-corrected chi connectivity index (χ0v) is 6.44. The van der Waals surface area contributed by atoms with E-state index in [0.29, 0.717) is 5.75 Å². The molecule has 2 nitrogen and oxygen atoms in total. The number of hydrogen-bond donors (Lipinski definition) is 1. The van der Waals surface area contributed by atoms with E-state index in [1.807, 2.05) is 0 Å². The Labute approximate surface area is 63.4 Å². The minimum absolute atomic E-state index is 0.256. The molecule has 1 aromatic rings. The van der Waals surface area contributed by atoms with Crippen LogP contribution >= 0.6 is 11.3 Å². The van der Waals surface area contributed by atoms with Gasteiger partial charge in [-0.25, -0.2) is 0 Å². The normalized spacial score (nSPS) is 9.30. The average molecular weight is 156 g/mol. The van der Waals surface area contributed by atoms with E-state index < -0.39 is 0 Å². The zero-order valence-electron chi connectivity index (χ0n) is 5.63.